The maximum atomic E-state index is 11.5. The molecule has 0 bridgehead atoms. The molecule has 2 amide bonds. The molecule has 0 aliphatic carbocycles. The van der Waals surface area contributed by atoms with Crippen molar-refractivity contribution in [2.24, 2.45) is 5.92 Å². The summed E-state index contributed by atoms with van der Waals surface area (Å²) in [7, 11) is 3.34. The van der Waals surface area contributed by atoms with Gasteiger partial charge in [-0.1, -0.05) is 13.8 Å². The zero-order valence-electron chi connectivity index (χ0n) is 9.57. The minimum Gasteiger partial charge on any atom is -0.465 e. The third-order valence-electron chi connectivity index (χ3n) is 1.66. The van der Waals surface area contributed by atoms with Gasteiger partial charge in [-0.2, -0.15) is 0 Å². The summed E-state index contributed by atoms with van der Waals surface area (Å²) in [4.78, 5) is 22.0. The lowest BCUT2D eigenvalue weighted by molar-refractivity contribution is -0.127. The number of nitrogens with one attached hydrogen (secondary N) is 2. The Labute approximate surface area is 89.6 Å². The second-order valence-corrected chi connectivity index (χ2v) is 4.00. The Morgan fingerprint density at radius 2 is 1.87 bits per heavy atom. The first-order valence-electron chi connectivity index (χ1n) is 4.80. The highest BCUT2D eigenvalue weighted by Gasteiger charge is 2.21. The summed E-state index contributed by atoms with van der Waals surface area (Å²) in [5, 5.41) is 12.3. The van der Waals surface area contributed by atoms with Gasteiger partial charge in [0.1, 0.15) is 6.04 Å². The zero-order chi connectivity index (χ0) is 12.0. The molecular formula is C9H19N3O3. The standard InChI is InChI=1S/C9H19N3O3/c1-6(2)5-7(10-9(14)15)8(13)11-12(3)4/h6-7,10H,5H2,1-4H3,(H,11,13)(H,14,15)/t7-/m0/s1. The van der Waals surface area contributed by atoms with E-state index in [2.05, 4.69) is 10.7 Å². The minimum absolute atomic E-state index is 0.245. The molecule has 0 heterocycles. The van der Waals surface area contributed by atoms with Crippen LogP contribution in [0.15, 0.2) is 0 Å². The van der Waals surface area contributed by atoms with Gasteiger partial charge in [-0.25, -0.2) is 9.80 Å². The van der Waals surface area contributed by atoms with Crippen LogP contribution in [0.25, 0.3) is 0 Å². The SMILES string of the molecule is CC(C)C[C@H](NC(=O)O)C(=O)NN(C)C. The number of hydrazine groups is 1. The molecule has 0 saturated carbocycles. The molecule has 3 N–H and O–H groups in total. The Morgan fingerprint density at radius 1 is 1.33 bits per heavy atom. The van der Waals surface area contributed by atoms with E-state index < -0.39 is 12.1 Å². The molecule has 0 rings (SSSR count). The van der Waals surface area contributed by atoms with Crippen LogP contribution in [0.5, 0.6) is 0 Å². The van der Waals surface area contributed by atoms with Crippen molar-refractivity contribution in [2.75, 3.05) is 14.1 Å². The molecule has 6 nitrogen and oxygen atoms in total. The number of hydrogen-bond donors (Lipinski definition) is 3. The maximum absolute atomic E-state index is 11.5. The highest BCUT2D eigenvalue weighted by molar-refractivity contribution is 5.84. The lowest BCUT2D eigenvalue weighted by Gasteiger charge is -2.20. The van der Waals surface area contributed by atoms with Crippen LogP contribution in [0, 0.1) is 5.92 Å². The van der Waals surface area contributed by atoms with E-state index in [1.54, 1.807) is 14.1 Å². The Balaban J connectivity index is 4.33. The number of nitrogens with zero attached hydrogens (tertiary/aromatic N) is 1. The molecule has 0 unspecified atom stereocenters. The van der Waals surface area contributed by atoms with Gasteiger partial charge in [0.15, 0.2) is 0 Å². The first kappa shape index (κ1) is 13.7. The van der Waals surface area contributed by atoms with Gasteiger partial charge in [0.25, 0.3) is 5.91 Å². The third kappa shape index (κ3) is 6.73. The van der Waals surface area contributed by atoms with Crippen LogP contribution in [0.1, 0.15) is 20.3 Å². The van der Waals surface area contributed by atoms with Crippen LogP contribution in [0.4, 0.5) is 4.79 Å². The molecule has 15 heavy (non-hydrogen) atoms. The van der Waals surface area contributed by atoms with Crippen molar-refractivity contribution in [1.82, 2.24) is 15.8 Å². The fraction of sp³-hybridized carbons (Fsp3) is 0.778. The predicted molar refractivity (Wildman–Crippen MR) is 56.2 cm³/mol. The summed E-state index contributed by atoms with van der Waals surface area (Å²) in [6.07, 6.45) is -0.707. The molecule has 0 saturated heterocycles. The van der Waals surface area contributed by atoms with Crippen LogP contribution in [0.2, 0.25) is 0 Å². The minimum atomic E-state index is -1.19. The highest BCUT2D eigenvalue weighted by atomic mass is 16.4. The van der Waals surface area contributed by atoms with Gasteiger partial charge in [0.2, 0.25) is 0 Å². The monoisotopic (exact) mass is 217 g/mol. The average molecular weight is 217 g/mol. The summed E-state index contributed by atoms with van der Waals surface area (Å²) >= 11 is 0. The van der Waals surface area contributed by atoms with Crippen LogP contribution >= 0.6 is 0 Å². The van der Waals surface area contributed by atoms with Crippen LogP contribution in [0.3, 0.4) is 0 Å². The van der Waals surface area contributed by atoms with Gasteiger partial charge in [-0.05, 0) is 12.3 Å². The number of carbonyl (C=O) groups is 2. The molecule has 0 aliphatic heterocycles. The molecular weight excluding hydrogens is 198 g/mol. The Kier molecular flexibility index (Phi) is 5.69. The Hall–Kier alpha value is -1.30. The molecule has 0 aliphatic rings. The van der Waals surface area contributed by atoms with Crippen molar-refractivity contribution in [3.8, 4) is 0 Å². The van der Waals surface area contributed by atoms with Gasteiger partial charge < -0.3 is 10.4 Å². The van der Waals surface area contributed by atoms with E-state index in [9.17, 15) is 9.59 Å². The topological polar surface area (TPSA) is 81.7 Å². The number of carboxylic acid groups (broad SMARTS) is 1. The molecule has 1 atom stereocenters. The smallest absolute Gasteiger partial charge is 0.405 e. The van der Waals surface area contributed by atoms with Crippen LogP contribution in [-0.4, -0.2) is 42.3 Å². The first-order chi connectivity index (χ1) is 6.82. The summed E-state index contributed by atoms with van der Waals surface area (Å²) in [6.45, 7) is 3.86. The average Bonchev–Trinajstić information content (AvgIpc) is 1.99. The van der Waals surface area contributed by atoms with E-state index >= 15 is 0 Å². The van der Waals surface area contributed by atoms with Gasteiger partial charge >= 0.3 is 6.09 Å². The summed E-state index contributed by atoms with van der Waals surface area (Å²) < 4.78 is 0. The molecule has 0 aromatic heterocycles. The second-order valence-electron chi connectivity index (χ2n) is 4.00. The maximum Gasteiger partial charge on any atom is 0.405 e. The fourth-order valence-electron chi connectivity index (χ4n) is 1.15. The van der Waals surface area contributed by atoms with Gasteiger partial charge in [0.05, 0.1) is 0 Å². The molecule has 0 aromatic rings. The van der Waals surface area contributed by atoms with Crippen molar-refractivity contribution < 1.29 is 14.7 Å². The van der Waals surface area contributed by atoms with E-state index in [1.807, 2.05) is 13.8 Å². The number of amides is 2. The fourth-order valence-corrected chi connectivity index (χ4v) is 1.15. The first-order valence-corrected chi connectivity index (χ1v) is 4.80. The zero-order valence-corrected chi connectivity index (χ0v) is 9.57. The second kappa shape index (κ2) is 6.23. The number of carbonyl (C=O) groups excluding carboxylic acids is 1. The number of rotatable bonds is 5. The van der Waals surface area contributed by atoms with E-state index in [1.165, 1.54) is 5.01 Å². The lowest BCUT2D eigenvalue weighted by atomic mass is 10.0. The predicted octanol–water partition coefficient (Wildman–Crippen LogP) is 0.262. The summed E-state index contributed by atoms with van der Waals surface area (Å²) in [6, 6.07) is -0.704. The van der Waals surface area contributed by atoms with Gasteiger partial charge in [0, 0.05) is 14.1 Å². The molecule has 6 heteroatoms. The lowest BCUT2D eigenvalue weighted by Crippen LogP contribution is -2.50. The van der Waals surface area contributed by atoms with Crippen molar-refractivity contribution in [2.45, 2.75) is 26.3 Å². The van der Waals surface area contributed by atoms with Crippen molar-refractivity contribution >= 4 is 12.0 Å². The normalized spacial score (nSPS) is 12.7. The molecule has 0 spiro atoms. The number of hydrogen-bond acceptors (Lipinski definition) is 3. The van der Waals surface area contributed by atoms with Crippen LogP contribution < -0.4 is 10.7 Å². The van der Waals surface area contributed by atoms with Crippen LogP contribution in [-0.2, 0) is 4.79 Å². The van der Waals surface area contributed by atoms with E-state index in [4.69, 9.17) is 5.11 Å². The van der Waals surface area contributed by atoms with Gasteiger partial charge in [-0.3, -0.25) is 10.2 Å². The van der Waals surface area contributed by atoms with Crippen molar-refractivity contribution in [1.29, 1.82) is 0 Å². The van der Waals surface area contributed by atoms with Crippen molar-refractivity contribution in [3.63, 3.8) is 0 Å². The summed E-state index contributed by atoms with van der Waals surface area (Å²) in [5.41, 5.74) is 2.52. The van der Waals surface area contributed by atoms with E-state index in [0.717, 1.165) is 0 Å². The van der Waals surface area contributed by atoms with E-state index in [0.29, 0.717) is 6.42 Å². The highest BCUT2D eigenvalue weighted by Crippen LogP contribution is 2.04. The molecule has 0 aromatic carbocycles. The Morgan fingerprint density at radius 3 is 2.20 bits per heavy atom. The molecule has 0 radical (unpaired) electrons. The largest absolute Gasteiger partial charge is 0.465 e. The van der Waals surface area contributed by atoms with Gasteiger partial charge in [-0.15, -0.1) is 0 Å². The third-order valence-corrected chi connectivity index (χ3v) is 1.66. The quantitative estimate of drug-likeness (QED) is 0.577. The van der Waals surface area contributed by atoms with E-state index in [-0.39, 0.29) is 11.8 Å². The van der Waals surface area contributed by atoms with Crippen molar-refractivity contribution in [3.05, 3.63) is 0 Å². The summed E-state index contributed by atoms with van der Waals surface area (Å²) in [5.74, 6) is -0.0918. The Bertz CT molecular complexity index is 229. The molecule has 0 fully saturated rings. The molecule has 88 valence electrons.